The molecule has 5 rings (SSSR count). The van der Waals surface area contributed by atoms with Gasteiger partial charge in [0.15, 0.2) is 0 Å². The van der Waals surface area contributed by atoms with Crippen LogP contribution < -0.4 is 16.4 Å². The number of amidine groups is 1. The lowest BCUT2D eigenvalue weighted by Gasteiger charge is -2.30. The average molecular weight is 540 g/mol. The van der Waals surface area contributed by atoms with Crippen molar-refractivity contribution in [3.8, 4) is 0 Å². The van der Waals surface area contributed by atoms with Crippen molar-refractivity contribution in [2.75, 3.05) is 0 Å². The van der Waals surface area contributed by atoms with Gasteiger partial charge in [-0.25, -0.2) is 4.79 Å². The zero-order chi connectivity index (χ0) is 28.4. The van der Waals surface area contributed by atoms with Gasteiger partial charge in [-0.2, -0.15) is 0 Å². The fourth-order valence-corrected chi connectivity index (χ4v) is 5.50. The Morgan fingerprint density at radius 1 is 0.925 bits per heavy atom. The van der Waals surface area contributed by atoms with Gasteiger partial charge in [-0.15, -0.1) is 0 Å². The summed E-state index contributed by atoms with van der Waals surface area (Å²) in [6.45, 7) is 6.04. The van der Waals surface area contributed by atoms with Gasteiger partial charge in [0.05, 0.1) is 0 Å². The number of hydrogen-bond acceptors (Lipinski definition) is 4. The Balaban J connectivity index is 1.37. The first-order chi connectivity index (χ1) is 19.1. The Kier molecular flexibility index (Phi) is 7.52. The highest BCUT2D eigenvalue weighted by molar-refractivity contribution is 6.02. The third kappa shape index (κ3) is 6.11. The minimum Gasteiger partial charge on any atom is -0.444 e. The number of alkyl carbamates (subject to hydrolysis) is 1. The van der Waals surface area contributed by atoms with Crippen molar-refractivity contribution in [2.45, 2.75) is 70.7 Å². The molecule has 208 valence electrons. The molecule has 0 bridgehead atoms. The number of rotatable bonds is 6. The van der Waals surface area contributed by atoms with Gasteiger partial charge >= 0.3 is 6.09 Å². The Bertz CT molecular complexity index is 1570. The summed E-state index contributed by atoms with van der Waals surface area (Å²) in [6, 6.07) is 22.0. The largest absolute Gasteiger partial charge is 0.444 e. The lowest BCUT2D eigenvalue weighted by molar-refractivity contribution is 0.0488. The second kappa shape index (κ2) is 11.0. The van der Waals surface area contributed by atoms with E-state index in [1.807, 2.05) is 67.8 Å². The summed E-state index contributed by atoms with van der Waals surface area (Å²) in [5.41, 5.74) is 8.41. The van der Waals surface area contributed by atoms with Gasteiger partial charge in [-0.1, -0.05) is 54.6 Å². The van der Waals surface area contributed by atoms with Gasteiger partial charge in [0.25, 0.3) is 5.91 Å². The SMILES string of the molecule is CC(C)(C)OC(=O)NC1CCC(NC(=O)c2cc3ccc(C(=N)N)cc3n2Cc2cccc3ccccc23)CC1. The molecule has 4 aromatic rings. The molecule has 5 N–H and O–H groups in total. The highest BCUT2D eigenvalue weighted by Crippen LogP contribution is 2.27. The zero-order valence-corrected chi connectivity index (χ0v) is 23.3. The Morgan fingerprint density at radius 3 is 2.30 bits per heavy atom. The molecule has 0 atom stereocenters. The third-order valence-corrected chi connectivity index (χ3v) is 7.44. The molecule has 40 heavy (non-hydrogen) atoms. The molecule has 0 unspecified atom stereocenters. The first-order valence-electron chi connectivity index (χ1n) is 13.8. The number of nitrogens with zero attached hydrogens (tertiary/aromatic N) is 1. The van der Waals surface area contributed by atoms with E-state index < -0.39 is 11.7 Å². The van der Waals surface area contributed by atoms with Crippen LogP contribution in [0, 0.1) is 5.41 Å². The maximum absolute atomic E-state index is 13.7. The number of ether oxygens (including phenoxy) is 1. The molecule has 1 aliphatic carbocycles. The summed E-state index contributed by atoms with van der Waals surface area (Å²) >= 11 is 0. The number of nitrogen functional groups attached to an aromatic ring is 1. The van der Waals surface area contributed by atoms with E-state index in [4.69, 9.17) is 15.9 Å². The van der Waals surface area contributed by atoms with E-state index in [1.54, 1.807) is 0 Å². The Hall–Kier alpha value is -4.33. The van der Waals surface area contributed by atoms with Crippen LogP contribution in [0.1, 0.15) is 68.1 Å². The Labute approximate surface area is 234 Å². The van der Waals surface area contributed by atoms with Crippen LogP contribution in [0.5, 0.6) is 0 Å². The first kappa shape index (κ1) is 27.2. The molecule has 2 amide bonds. The number of nitrogens with one attached hydrogen (secondary N) is 3. The summed E-state index contributed by atoms with van der Waals surface area (Å²) in [5.74, 6) is -0.146. The van der Waals surface area contributed by atoms with Gasteiger partial charge in [-0.3, -0.25) is 10.2 Å². The fraction of sp³-hybridized carbons (Fsp3) is 0.344. The van der Waals surface area contributed by atoms with E-state index in [1.165, 1.54) is 0 Å². The van der Waals surface area contributed by atoms with E-state index in [2.05, 4.69) is 34.9 Å². The van der Waals surface area contributed by atoms with E-state index in [-0.39, 0.29) is 23.8 Å². The zero-order valence-electron chi connectivity index (χ0n) is 23.3. The minimum absolute atomic E-state index is 0.0115. The van der Waals surface area contributed by atoms with Crippen molar-refractivity contribution in [3.05, 3.63) is 83.6 Å². The molecule has 0 aliphatic heterocycles. The van der Waals surface area contributed by atoms with Crippen LogP contribution in [-0.4, -0.2) is 40.1 Å². The van der Waals surface area contributed by atoms with Crippen LogP contribution in [0.2, 0.25) is 0 Å². The molecule has 1 aliphatic rings. The van der Waals surface area contributed by atoms with Crippen LogP contribution in [-0.2, 0) is 11.3 Å². The van der Waals surface area contributed by atoms with E-state index in [0.717, 1.165) is 52.9 Å². The lowest BCUT2D eigenvalue weighted by Crippen LogP contribution is -2.45. The van der Waals surface area contributed by atoms with Gasteiger partial charge in [-0.05, 0) is 74.9 Å². The monoisotopic (exact) mass is 539 g/mol. The summed E-state index contributed by atoms with van der Waals surface area (Å²) in [5, 5.41) is 17.3. The number of nitrogens with two attached hydrogens (primary N) is 1. The smallest absolute Gasteiger partial charge is 0.407 e. The van der Waals surface area contributed by atoms with Crippen molar-refractivity contribution >= 4 is 39.5 Å². The molecule has 0 spiro atoms. The van der Waals surface area contributed by atoms with Crippen molar-refractivity contribution in [1.29, 1.82) is 5.41 Å². The van der Waals surface area contributed by atoms with E-state index >= 15 is 0 Å². The molecule has 0 saturated heterocycles. The van der Waals surface area contributed by atoms with E-state index in [9.17, 15) is 9.59 Å². The molecule has 1 saturated carbocycles. The average Bonchev–Trinajstić information content (AvgIpc) is 3.26. The standard InChI is InChI=1S/C32H37N5O3/c1-32(2,3)40-31(39)36-25-15-13-24(14-16-25)35-30(38)28-17-21-11-12-22(29(33)34)18-27(21)37(28)19-23-9-6-8-20-7-4-5-10-26(20)23/h4-12,17-18,24-25H,13-16,19H2,1-3H3,(H3,33,34)(H,35,38)(H,36,39). The van der Waals surface area contributed by atoms with Gasteiger partial charge in [0.1, 0.15) is 17.1 Å². The van der Waals surface area contributed by atoms with Gasteiger partial charge in [0, 0.05) is 35.1 Å². The molecule has 1 fully saturated rings. The maximum atomic E-state index is 13.7. The first-order valence-corrected chi connectivity index (χ1v) is 13.8. The molecule has 0 radical (unpaired) electrons. The molecule has 3 aromatic carbocycles. The van der Waals surface area contributed by atoms with Gasteiger partial charge in [0.2, 0.25) is 0 Å². The van der Waals surface area contributed by atoms with Crippen LogP contribution in [0.4, 0.5) is 4.79 Å². The molecule has 8 heteroatoms. The molecule has 1 heterocycles. The van der Waals surface area contributed by atoms with Crippen molar-refractivity contribution in [1.82, 2.24) is 15.2 Å². The summed E-state index contributed by atoms with van der Waals surface area (Å²) in [4.78, 5) is 25.9. The number of aromatic nitrogens is 1. The number of fused-ring (bicyclic) bond motifs is 2. The normalized spacial score (nSPS) is 17.5. The van der Waals surface area contributed by atoms with Crippen molar-refractivity contribution in [3.63, 3.8) is 0 Å². The molecule has 8 nitrogen and oxygen atoms in total. The number of hydrogen-bond donors (Lipinski definition) is 4. The lowest BCUT2D eigenvalue weighted by atomic mass is 9.91. The van der Waals surface area contributed by atoms with Crippen LogP contribution in [0.15, 0.2) is 66.7 Å². The molecule has 1 aromatic heterocycles. The number of amides is 2. The third-order valence-electron chi connectivity index (χ3n) is 7.44. The highest BCUT2D eigenvalue weighted by atomic mass is 16.6. The topological polar surface area (TPSA) is 122 Å². The van der Waals surface area contributed by atoms with Crippen LogP contribution in [0.3, 0.4) is 0 Å². The van der Waals surface area contributed by atoms with Crippen molar-refractivity contribution in [2.24, 2.45) is 5.73 Å². The molecular formula is C32H37N5O3. The van der Waals surface area contributed by atoms with E-state index in [0.29, 0.717) is 17.8 Å². The Morgan fingerprint density at radius 2 is 1.60 bits per heavy atom. The molecular weight excluding hydrogens is 502 g/mol. The van der Waals surface area contributed by atoms with Crippen molar-refractivity contribution < 1.29 is 14.3 Å². The summed E-state index contributed by atoms with van der Waals surface area (Å²) in [6.07, 6.45) is 2.67. The second-order valence-electron chi connectivity index (χ2n) is 11.6. The van der Waals surface area contributed by atoms with Gasteiger partial charge < -0.3 is 25.7 Å². The summed E-state index contributed by atoms with van der Waals surface area (Å²) < 4.78 is 7.41. The number of carbonyl (C=O) groups is 2. The minimum atomic E-state index is -0.537. The number of benzene rings is 3. The predicted molar refractivity (Wildman–Crippen MR) is 159 cm³/mol. The quantitative estimate of drug-likeness (QED) is 0.186. The van der Waals surface area contributed by atoms with Crippen LogP contribution in [0.25, 0.3) is 21.7 Å². The highest BCUT2D eigenvalue weighted by Gasteiger charge is 2.27. The predicted octanol–water partition coefficient (Wildman–Crippen LogP) is 5.69. The second-order valence-corrected chi connectivity index (χ2v) is 11.6. The summed E-state index contributed by atoms with van der Waals surface area (Å²) in [7, 11) is 0. The van der Waals surface area contributed by atoms with Crippen LogP contribution >= 0.6 is 0 Å². The fourth-order valence-electron chi connectivity index (χ4n) is 5.50. The number of carbonyl (C=O) groups excluding carboxylic acids is 2. The maximum Gasteiger partial charge on any atom is 0.407 e.